The minimum atomic E-state index is -0.760. The highest BCUT2D eigenvalue weighted by atomic mass is 19.1. The molecular weight excluding hydrogens is 231 g/mol. The number of aliphatic hydroxyl groups excluding tert-OH is 1. The Morgan fingerprint density at radius 3 is 2.72 bits per heavy atom. The first-order chi connectivity index (χ1) is 8.72. The molecule has 1 aromatic rings. The van der Waals surface area contributed by atoms with E-state index in [1.165, 1.54) is 32.4 Å². The second-order valence-corrected chi connectivity index (χ2v) is 5.11. The standard InChI is InChI=1S/C15H21FO2/c1-18-14-9-5-8-12(16)15(14)13(17)10-11-6-3-2-4-7-11/h5,8-9,11,13,17H,2-4,6-7,10H2,1H3. The molecule has 0 saturated heterocycles. The third-order valence-corrected chi connectivity index (χ3v) is 3.85. The van der Waals surface area contributed by atoms with Crippen molar-refractivity contribution in [2.45, 2.75) is 44.6 Å². The number of hydrogen-bond donors (Lipinski definition) is 1. The van der Waals surface area contributed by atoms with Crippen molar-refractivity contribution >= 4 is 0 Å². The third kappa shape index (κ3) is 3.02. The van der Waals surface area contributed by atoms with Crippen molar-refractivity contribution in [3.05, 3.63) is 29.6 Å². The van der Waals surface area contributed by atoms with Gasteiger partial charge in [-0.3, -0.25) is 0 Å². The van der Waals surface area contributed by atoms with Crippen molar-refractivity contribution in [3.8, 4) is 5.75 Å². The van der Waals surface area contributed by atoms with Crippen LogP contribution in [0.2, 0.25) is 0 Å². The Kier molecular flexibility index (Phi) is 4.59. The summed E-state index contributed by atoms with van der Waals surface area (Å²) >= 11 is 0. The summed E-state index contributed by atoms with van der Waals surface area (Å²) < 4.78 is 18.9. The minimum absolute atomic E-state index is 0.311. The average molecular weight is 252 g/mol. The maximum Gasteiger partial charge on any atom is 0.132 e. The van der Waals surface area contributed by atoms with Gasteiger partial charge in [-0.1, -0.05) is 38.2 Å². The predicted molar refractivity (Wildman–Crippen MR) is 69.1 cm³/mol. The largest absolute Gasteiger partial charge is 0.496 e. The zero-order valence-corrected chi connectivity index (χ0v) is 10.9. The smallest absolute Gasteiger partial charge is 0.132 e. The molecule has 0 spiro atoms. The van der Waals surface area contributed by atoms with Crippen LogP contribution in [0.25, 0.3) is 0 Å². The lowest BCUT2D eigenvalue weighted by atomic mass is 9.84. The number of ether oxygens (including phenoxy) is 1. The summed E-state index contributed by atoms with van der Waals surface area (Å²) in [4.78, 5) is 0. The van der Waals surface area contributed by atoms with Crippen molar-refractivity contribution in [3.63, 3.8) is 0 Å². The maximum atomic E-state index is 13.8. The van der Waals surface area contributed by atoms with Crippen LogP contribution in [0.4, 0.5) is 4.39 Å². The van der Waals surface area contributed by atoms with Gasteiger partial charge in [-0.15, -0.1) is 0 Å². The molecule has 1 fully saturated rings. The van der Waals surface area contributed by atoms with Crippen LogP contribution < -0.4 is 4.74 Å². The molecule has 0 aromatic heterocycles. The van der Waals surface area contributed by atoms with Gasteiger partial charge in [0.2, 0.25) is 0 Å². The molecule has 1 unspecified atom stereocenters. The SMILES string of the molecule is COc1cccc(F)c1C(O)CC1CCCCC1. The molecule has 0 amide bonds. The van der Waals surface area contributed by atoms with Gasteiger partial charge in [0.05, 0.1) is 18.8 Å². The molecule has 1 aliphatic carbocycles. The highest BCUT2D eigenvalue weighted by Gasteiger charge is 2.23. The van der Waals surface area contributed by atoms with Crippen LogP contribution in [-0.4, -0.2) is 12.2 Å². The summed E-state index contributed by atoms with van der Waals surface area (Å²) in [5.74, 6) is 0.578. The van der Waals surface area contributed by atoms with Crippen molar-refractivity contribution in [1.29, 1.82) is 0 Å². The topological polar surface area (TPSA) is 29.5 Å². The molecule has 1 saturated carbocycles. The van der Waals surface area contributed by atoms with Gasteiger partial charge in [-0.05, 0) is 24.5 Å². The van der Waals surface area contributed by atoms with E-state index in [-0.39, 0.29) is 5.82 Å². The Bertz CT molecular complexity index is 386. The van der Waals surface area contributed by atoms with Crippen LogP contribution in [-0.2, 0) is 0 Å². The average Bonchev–Trinajstić information content (AvgIpc) is 2.39. The fraction of sp³-hybridized carbons (Fsp3) is 0.600. The van der Waals surface area contributed by atoms with E-state index >= 15 is 0 Å². The Balaban J connectivity index is 2.09. The second-order valence-electron chi connectivity index (χ2n) is 5.11. The van der Waals surface area contributed by atoms with Crippen LogP contribution in [0.5, 0.6) is 5.75 Å². The monoisotopic (exact) mass is 252 g/mol. The number of rotatable bonds is 4. The van der Waals surface area contributed by atoms with Crippen molar-refractivity contribution in [1.82, 2.24) is 0 Å². The van der Waals surface area contributed by atoms with E-state index < -0.39 is 6.10 Å². The van der Waals surface area contributed by atoms with Crippen LogP contribution in [0.3, 0.4) is 0 Å². The maximum absolute atomic E-state index is 13.8. The first kappa shape index (κ1) is 13.3. The molecule has 0 bridgehead atoms. The van der Waals surface area contributed by atoms with Gasteiger partial charge in [-0.25, -0.2) is 4.39 Å². The number of hydrogen-bond acceptors (Lipinski definition) is 2. The van der Waals surface area contributed by atoms with Gasteiger partial charge in [0, 0.05) is 0 Å². The summed E-state index contributed by atoms with van der Waals surface area (Å²) in [6, 6.07) is 4.68. The molecule has 2 nitrogen and oxygen atoms in total. The molecule has 100 valence electrons. The van der Waals surface area contributed by atoms with Gasteiger partial charge in [-0.2, -0.15) is 0 Å². The number of halogens is 1. The van der Waals surface area contributed by atoms with Crippen molar-refractivity contribution in [2.75, 3.05) is 7.11 Å². The molecule has 18 heavy (non-hydrogen) atoms. The molecular formula is C15H21FO2. The van der Waals surface area contributed by atoms with Crippen LogP contribution in [0.15, 0.2) is 18.2 Å². The van der Waals surface area contributed by atoms with Crippen LogP contribution in [0.1, 0.15) is 50.2 Å². The van der Waals surface area contributed by atoms with E-state index in [2.05, 4.69) is 0 Å². The summed E-state index contributed by atoms with van der Waals surface area (Å²) in [6.45, 7) is 0. The Morgan fingerprint density at radius 1 is 1.33 bits per heavy atom. The van der Waals surface area contributed by atoms with E-state index in [9.17, 15) is 9.50 Å². The third-order valence-electron chi connectivity index (χ3n) is 3.85. The molecule has 1 aromatic carbocycles. The lowest BCUT2D eigenvalue weighted by Crippen LogP contribution is -2.12. The molecule has 2 rings (SSSR count). The number of aliphatic hydroxyl groups is 1. The zero-order chi connectivity index (χ0) is 13.0. The minimum Gasteiger partial charge on any atom is -0.496 e. The van der Waals surface area contributed by atoms with Gasteiger partial charge in [0.25, 0.3) is 0 Å². The van der Waals surface area contributed by atoms with E-state index in [0.29, 0.717) is 23.7 Å². The van der Waals surface area contributed by atoms with Crippen LogP contribution in [0, 0.1) is 11.7 Å². The zero-order valence-electron chi connectivity index (χ0n) is 10.9. The number of methoxy groups -OCH3 is 1. The predicted octanol–water partition coefficient (Wildman–Crippen LogP) is 3.84. The lowest BCUT2D eigenvalue weighted by Gasteiger charge is -2.25. The number of benzene rings is 1. The summed E-state index contributed by atoms with van der Waals surface area (Å²) in [5, 5.41) is 10.2. The fourth-order valence-electron chi connectivity index (χ4n) is 2.88. The quantitative estimate of drug-likeness (QED) is 0.882. The Morgan fingerprint density at radius 2 is 2.06 bits per heavy atom. The Hall–Kier alpha value is -1.09. The molecule has 3 heteroatoms. The van der Waals surface area contributed by atoms with Crippen molar-refractivity contribution in [2.24, 2.45) is 5.92 Å². The first-order valence-electron chi connectivity index (χ1n) is 6.73. The lowest BCUT2D eigenvalue weighted by molar-refractivity contribution is 0.124. The first-order valence-corrected chi connectivity index (χ1v) is 6.73. The van der Waals surface area contributed by atoms with E-state index in [1.54, 1.807) is 12.1 Å². The van der Waals surface area contributed by atoms with Gasteiger partial charge < -0.3 is 9.84 Å². The van der Waals surface area contributed by atoms with Gasteiger partial charge >= 0.3 is 0 Å². The van der Waals surface area contributed by atoms with E-state index in [0.717, 1.165) is 12.8 Å². The Labute approximate surface area is 108 Å². The normalized spacial score (nSPS) is 18.6. The second kappa shape index (κ2) is 6.19. The van der Waals surface area contributed by atoms with Gasteiger partial charge in [0.15, 0.2) is 0 Å². The molecule has 0 aliphatic heterocycles. The molecule has 1 atom stereocenters. The van der Waals surface area contributed by atoms with E-state index in [4.69, 9.17) is 4.74 Å². The molecule has 1 N–H and O–H groups in total. The summed E-state index contributed by atoms with van der Waals surface area (Å²) in [5.41, 5.74) is 0.311. The molecule has 0 heterocycles. The summed E-state index contributed by atoms with van der Waals surface area (Å²) in [7, 11) is 1.51. The molecule has 0 radical (unpaired) electrons. The molecule has 1 aliphatic rings. The highest BCUT2D eigenvalue weighted by molar-refractivity contribution is 5.36. The van der Waals surface area contributed by atoms with Crippen LogP contribution >= 0.6 is 0 Å². The summed E-state index contributed by atoms with van der Waals surface area (Å²) in [6.07, 6.45) is 5.91. The van der Waals surface area contributed by atoms with E-state index in [1.807, 2.05) is 0 Å². The highest BCUT2D eigenvalue weighted by Crippen LogP contribution is 2.36. The fourth-order valence-corrected chi connectivity index (χ4v) is 2.88. The van der Waals surface area contributed by atoms with Gasteiger partial charge in [0.1, 0.15) is 11.6 Å². The van der Waals surface area contributed by atoms with Crippen molar-refractivity contribution < 1.29 is 14.2 Å².